The molecule has 2 atom stereocenters. The molecule has 0 bridgehead atoms. The minimum Gasteiger partial charge on any atom is -0.396 e. The highest BCUT2D eigenvalue weighted by molar-refractivity contribution is 7.99. The van der Waals surface area contributed by atoms with Crippen molar-refractivity contribution in [3.63, 3.8) is 0 Å². The molecule has 2 unspecified atom stereocenters. The minimum absolute atomic E-state index is 0.409. The largest absolute Gasteiger partial charge is 0.396 e. The molecule has 0 radical (unpaired) electrons. The van der Waals surface area contributed by atoms with Crippen molar-refractivity contribution in [3.8, 4) is 0 Å². The van der Waals surface area contributed by atoms with E-state index in [0.717, 1.165) is 17.1 Å². The molecule has 3 N–H and O–H groups in total. The highest BCUT2D eigenvalue weighted by Gasteiger charge is 2.22. The Hall–Kier alpha value is -0.720. The molecule has 2 heterocycles. The van der Waals surface area contributed by atoms with Crippen LogP contribution in [-0.4, -0.2) is 57.0 Å². The second kappa shape index (κ2) is 6.15. The molecule has 1 aromatic rings. The molecular formula is C13H24N4OS. The molecule has 1 aliphatic heterocycles. The second-order valence-electron chi connectivity index (χ2n) is 5.38. The molecule has 0 amide bonds. The van der Waals surface area contributed by atoms with Crippen LogP contribution in [0.25, 0.3) is 0 Å². The fraction of sp³-hybridized carbons (Fsp3) is 0.769. The van der Waals surface area contributed by atoms with E-state index in [9.17, 15) is 5.11 Å². The van der Waals surface area contributed by atoms with Gasteiger partial charge in [0.15, 0.2) is 0 Å². The van der Waals surface area contributed by atoms with Crippen LogP contribution >= 0.6 is 11.8 Å². The van der Waals surface area contributed by atoms with E-state index >= 15 is 0 Å². The van der Waals surface area contributed by atoms with E-state index in [-0.39, 0.29) is 0 Å². The number of aliphatic hydroxyl groups is 1. The number of aromatic nitrogens is 2. The number of aliphatic hydroxyl groups excluding tert-OH is 1. The molecule has 0 saturated carbocycles. The molecule has 0 aromatic carbocycles. The summed E-state index contributed by atoms with van der Waals surface area (Å²) in [4.78, 5) is 2.26. The van der Waals surface area contributed by atoms with Gasteiger partial charge in [0.2, 0.25) is 0 Å². The molecule has 1 fully saturated rings. The zero-order valence-electron chi connectivity index (χ0n) is 12.0. The number of nitrogens with two attached hydrogens (primary N) is 1. The van der Waals surface area contributed by atoms with Gasteiger partial charge in [-0.1, -0.05) is 0 Å². The van der Waals surface area contributed by atoms with E-state index in [4.69, 9.17) is 5.73 Å². The Morgan fingerprint density at radius 2 is 2.32 bits per heavy atom. The number of thioether (sulfide) groups is 1. The van der Waals surface area contributed by atoms with Crippen molar-refractivity contribution in [1.29, 1.82) is 0 Å². The third kappa shape index (κ3) is 3.43. The Balaban J connectivity index is 1.89. The highest BCUT2D eigenvalue weighted by Crippen LogP contribution is 2.21. The van der Waals surface area contributed by atoms with Crippen LogP contribution in [0, 0.1) is 13.8 Å². The van der Waals surface area contributed by atoms with Gasteiger partial charge in [0.1, 0.15) is 0 Å². The molecule has 1 saturated heterocycles. The van der Waals surface area contributed by atoms with Crippen LogP contribution in [0.2, 0.25) is 0 Å². The smallest absolute Gasteiger partial charge is 0.0862 e. The van der Waals surface area contributed by atoms with Crippen LogP contribution in [0.1, 0.15) is 17.8 Å². The van der Waals surface area contributed by atoms with Crippen molar-refractivity contribution in [2.24, 2.45) is 0 Å². The van der Waals surface area contributed by atoms with Gasteiger partial charge in [-0.05, 0) is 33.1 Å². The lowest BCUT2D eigenvalue weighted by Crippen LogP contribution is -2.39. The van der Waals surface area contributed by atoms with Gasteiger partial charge in [0.05, 0.1) is 29.7 Å². The first-order chi connectivity index (χ1) is 8.99. The number of anilines is 1. The molecule has 1 aromatic heterocycles. The van der Waals surface area contributed by atoms with Crippen molar-refractivity contribution < 1.29 is 5.11 Å². The summed E-state index contributed by atoms with van der Waals surface area (Å²) < 4.78 is 1.81. The molecule has 108 valence electrons. The Kier molecular flexibility index (Phi) is 4.76. The Bertz CT molecular complexity index is 429. The van der Waals surface area contributed by atoms with E-state index in [0.29, 0.717) is 19.1 Å². The average molecular weight is 284 g/mol. The fourth-order valence-electron chi connectivity index (χ4n) is 2.50. The number of hydrogen-bond donors (Lipinski definition) is 2. The third-order valence-corrected chi connectivity index (χ3v) is 4.99. The van der Waals surface area contributed by atoms with E-state index < -0.39 is 6.10 Å². The summed E-state index contributed by atoms with van der Waals surface area (Å²) in [6.07, 6.45) is 0.814. The maximum atomic E-state index is 10.2. The summed E-state index contributed by atoms with van der Waals surface area (Å²) in [6.45, 7) is 5.03. The monoisotopic (exact) mass is 284 g/mol. The number of nitrogens with zero attached hydrogens (tertiary/aromatic N) is 3. The van der Waals surface area contributed by atoms with Crippen LogP contribution in [0.5, 0.6) is 0 Å². The van der Waals surface area contributed by atoms with Gasteiger partial charge in [0.25, 0.3) is 0 Å². The Morgan fingerprint density at radius 1 is 1.58 bits per heavy atom. The van der Waals surface area contributed by atoms with Crippen molar-refractivity contribution in [2.45, 2.75) is 39.0 Å². The second-order valence-corrected chi connectivity index (χ2v) is 6.53. The van der Waals surface area contributed by atoms with Crippen LogP contribution in [0.3, 0.4) is 0 Å². The summed E-state index contributed by atoms with van der Waals surface area (Å²) in [5.74, 6) is 2.41. The standard InChI is InChI=1S/C13H24N4OS/c1-9-13(14)10(2)17(15-9)7-12(18)6-16(3)11-4-5-19-8-11/h11-12,18H,4-8,14H2,1-3H3. The first kappa shape index (κ1) is 14.7. The zero-order valence-corrected chi connectivity index (χ0v) is 12.8. The average Bonchev–Trinajstić information content (AvgIpc) is 2.96. The van der Waals surface area contributed by atoms with E-state index in [2.05, 4.69) is 17.0 Å². The van der Waals surface area contributed by atoms with Crippen LogP contribution in [0.15, 0.2) is 0 Å². The number of hydrogen-bond acceptors (Lipinski definition) is 5. The summed E-state index contributed by atoms with van der Waals surface area (Å²) in [5, 5.41) is 14.6. The first-order valence-corrected chi connectivity index (χ1v) is 7.90. The minimum atomic E-state index is -0.409. The molecular weight excluding hydrogens is 260 g/mol. The van der Waals surface area contributed by atoms with Crippen LogP contribution in [0.4, 0.5) is 5.69 Å². The predicted octanol–water partition coefficient (Wildman–Crippen LogP) is 0.880. The fourth-order valence-corrected chi connectivity index (χ4v) is 3.80. The van der Waals surface area contributed by atoms with Crippen LogP contribution in [-0.2, 0) is 6.54 Å². The van der Waals surface area contributed by atoms with Gasteiger partial charge < -0.3 is 10.8 Å². The van der Waals surface area contributed by atoms with E-state index in [1.165, 1.54) is 17.9 Å². The van der Waals surface area contributed by atoms with Crippen molar-refractivity contribution in [3.05, 3.63) is 11.4 Å². The number of nitrogen functional groups attached to an aromatic ring is 1. The predicted molar refractivity (Wildman–Crippen MR) is 80.5 cm³/mol. The van der Waals surface area contributed by atoms with Gasteiger partial charge in [0, 0.05) is 18.3 Å². The van der Waals surface area contributed by atoms with Gasteiger partial charge in [-0.15, -0.1) is 0 Å². The van der Waals surface area contributed by atoms with Crippen molar-refractivity contribution >= 4 is 17.4 Å². The topological polar surface area (TPSA) is 67.3 Å². The third-order valence-electron chi connectivity index (χ3n) is 3.85. The molecule has 0 aliphatic carbocycles. The quantitative estimate of drug-likeness (QED) is 0.840. The van der Waals surface area contributed by atoms with Gasteiger partial charge in [-0.25, -0.2) is 0 Å². The lowest BCUT2D eigenvalue weighted by molar-refractivity contribution is 0.0918. The normalized spacial score (nSPS) is 21.2. The maximum absolute atomic E-state index is 10.2. The lowest BCUT2D eigenvalue weighted by atomic mass is 10.2. The molecule has 5 nitrogen and oxygen atoms in total. The van der Waals surface area contributed by atoms with Crippen molar-refractivity contribution in [2.75, 3.05) is 30.8 Å². The zero-order chi connectivity index (χ0) is 14.0. The summed E-state index contributed by atoms with van der Waals surface area (Å²) in [7, 11) is 2.09. The van der Waals surface area contributed by atoms with Gasteiger partial charge in [-0.3, -0.25) is 9.58 Å². The number of rotatable bonds is 5. The van der Waals surface area contributed by atoms with Crippen LogP contribution < -0.4 is 5.73 Å². The summed E-state index contributed by atoms with van der Waals surface area (Å²) in [5.41, 5.74) is 8.41. The van der Waals surface area contributed by atoms with E-state index in [1.54, 1.807) is 0 Å². The van der Waals surface area contributed by atoms with E-state index in [1.807, 2.05) is 30.3 Å². The van der Waals surface area contributed by atoms with Crippen molar-refractivity contribution in [1.82, 2.24) is 14.7 Å². The number of likely N-dealkylation sites (N-methyl/N-ethyl adjacent to an activating group) is 1. The lowest BCUT2D eigenvalue weighted by Gasteiger charge is -2.26. The Labute approximate surface area is 119 Å². The summed E-state index contributed by atoms with van der Waals surface area (Å²) >= 11 is 1.99. The molecule has 1 aliphatic rings. The molecule has 19 heavy (non-hydrogen) atoms. The maximum Gasteiger partial charge on any atom is 0.0862 e. The molecule has 6 heteroatoms. The first-order valence-electron chi connectivity index (χ1n) is 6.74. The SMILES string of the molecule is Cc1nn(CC(O)CN(C)C2CCSC2)c(C)c1N. The van der Waals surface area contributed by atoms with Gasteiger partial charge in [-0.2, -0.15) is 16.9 Å². The molecule has 2 rings (SSSR count). The highest BCUT2D eigenvalue weighted by atomic mass is 32.2. The molecule has 0 spiro atoms. The Morgan fingerprint density at radius 3 is 2.84 bits per heavy atom. The van der Waals surface area contributed by atoms with Gasteiger partial charge >= 0.3 is 0 Å². The summed E-state index contributed by atoms with van der Waals surface area (Å²) in [6, 6.07) is 0.602. The number of aryl methyl sites for hydroxylation is 1.